The van der Waals surface area contributed by atoms with E-state index in [9.17, 15) is 15.0 Å². The minimum Gasteiger partial charge on any atom is -0.481 e. The molecule has 3 heteroatoms. The quantitative estimate of drug-likeness (QED) is 0.778. The van der Waals surface area contributed by atoms with Gasteiger partial charge in [0.25, 0.3) is 0 Å². The van der Waals surface area contributed by atoms with Crippen molar-refractivity contribution in [1.29, 1.82) is 0 Å². The normalized spacial score (nSPS) is 32.9. The summed E-state index contributed by atoms with van der Waals surface area (Å²) in [5.41, 5.74) is -0.0745. The Bertz CT molecular complexity index is 499. The third kappa shape index (κ3) is 2.48. The lowest BCUT2D eigenvalue weighted by atomic mass is 9.51. The molecule has 2 rings (SSSR count). The summed E-state index contributed by atoms with van der Waals surface area (Å²) < 4.78 is 0. The summed E-state index contributed by atoms with van der Waals surface area (Å²) in [7, 11) is 0. The average molecular weight is 290 g/mol. The van der Waals surface area contributed by atoms with Crippen molar-refractivity contribution in [1.82, 2.24) is 0 Å². The van der Waals surface area contributed by atoms with Gasteiger partial charge < -0.3 is 10.2 Å². The van der Waals surface area contributed by atoms with Gasteiger partial charge in [0.15, 0.2) is 0 Å². The molecule has 0 aromatic heterocycles. The van der Waals surface area contributed by atoms with Gasteiger partial charge in [-0.15, -0.1) is 0 Å². The summed E-state index contributed by atoms with van der Waals surface area (Å²) in [5.74, 6) is -0.900. The van der Waals surface area contributed by atoms with E-state index in [4.69, 9.17) is 0 Å². The predicted molar refractivity (Wildman–Crippen MR) is 83.8 cm³/mol. The van der Waals surface area contributed by atoms with Gasteiger partial charge in [-0.2, -0.15) is 0 Å². The average Bonchev–Trinajstić information content (AvgIpc) is 2.47. The molecule has 0 spiro atoms. The first-order valence-corrected chi connectivity index (χ1v) is 7.72. The molecule has 2 N–H and O–H groups in total. The van der Waals surface area contributed by atoms with Gasteiger partial charge >= 0.3 is 5.97 Å². The highest BCUT2D eigenvalue weighted by atomic mass is 16.4. The van der Waals surface area contributed by atoms with Gasteiger partial charge in [-0.1, -0.05) is 49.8 Å². The first kappa shape index (κ1) is 16.0. The van der Waals surface area contributed by atoms with Crippen molar-refractivity contribution in [2.75, 3.05) is 6.61 Å². The van der Waals surface area contributed by atoms with Gasteiger partial charge in [0.1, 0.15) is 0 Å². The molecule has 3 nitrogen and oxygen atoms in total. The van der Waals surface area contributed by atoms with Crippen LogP contribution in [0.5, 0.6) is 0 Å². The van der Waals surface area contributed by atoms with Crippen molar-refractivity contribution in [2.45, 2.75) is 40.0 Å². The molecule has 3 atom stereocenters. The zero-order valence-electron chi connectivity index (χ0n) is 13.2. The molecule has 0 radical (unpaired) electrons. The van der Waals surface area contributed by atoms with E-state index in [1.54, 1.807) is 6.08 Å². The van der Waals surface area contributed by atoms with E-state index in [0.29, 0.717) is 5.92 Å². The van der Waals surface area contributed by atoms with Crippen LogP contribution >= 0.6 is 0 Å². The van der Waals surface area contributed by atoms with Crippen molar-refractivity contribution >= 4 is 5.97 Å². The minimum absolute atomic E-state index is 0.141. The lowest BCUT2D eigenvalue weighted by Crippen LogP contribution is -2.53. The molecular weight excluding hydrogens is 264 g/mol. The number of aliphatic hydroxyl groups excluding tert-OH is 1. The van der Waals surface area contributed by atoms with Gasteiger partial charge in [0.2, 0.25) is 0 Å². The molecule has 0 bridgehead atoms. The van der Waals surface area contributed by atoms with Gasteiger partial charge in [0.05, 0.1) is 12.0 Å². The van der Waals surface area contributed by atoms with Crippen LogP contribution in [0.4, 0.5) is 0 Å². The molecule has 0 amide bonds. The fourth-order valence-corrected chi connectivity index (χ4v) is 4.04. The number of carboxylic acids is 1. The second-order valence-corrected chi connectivity index (χ2v) is 6.95. The molecule has 2 aliphatic carbocycles. The summed E-state index contributed by atoms with van der Waals surface area (Å²) >= 11 is 0. The Morgan fingerprint density at radius 3 is 2.67 bits per heavy atom. The zero-order chi connectivity index (χ0) is 15.7. The lowest BCUT2D eigenvalue weighted by molar-refractivity contribution is -0.160. The van der Waals surface area contributed by atoms with Crippen LogP contribution in [-0.4, -0.2) is 22.8 Å². The number of aliphatic hydroxyl groups is 1. The number of aliphatic carboxylic acids is 1. The fraction of sp³-hybridized carbons (Fsp3) is 0.611. The van der Waals surface area contributed by atoms with Crippen LogP contribution in [0.2, 0.25) is 0 Å². The number of hydrogen-bond donors (Lipinski definition) is 2. The Hall–Kier alpha value is -1.35. The van der Waals surface area contributed by atoms with E-state index < -0.39 is 16.8 Å². The van der Waals surface area contributed by atoms with Crippen molar-refractivity contribution in [3.05, 3.63) is 36.0 Å². The molecule has 3 unspecified atom stereocenters. The summed E-state index contributed by atoms with van der Waals surface area (Å²) in [5, 5.41) is 19.7. The molecule has 0 saturated heterocycles. The van der Waals surface area contributed by atoms with Crippen LogP contribution in [0.1, 0.15) is 40.0 Å². The third-order valence-corrected chi connectivity index (χ3v) is 5.67. The Kier molecular flexibility index (Phi) is 4.43. The largest absolute Gasteiger partial charge is 0.481 e. The number of carbonyl (C=O) groups is 1. The van der Waals surface area contributed by atoms with Crippen LogP contribution in [0, 0.1) is 22.7 Å². The van der Waals surface area contributed by atoms with Crippen molar-refractivity contribution in [3.63, 3.8) is 0 Å². The van der Waals surface area contributed by atoms with E-state index in [-0.39, 0.29) is 12.5 Å². The Balaban J connectivity index is 2.44. The first-order chi connectivity index (χ1) is 9.86. The summed E-state index contributed by atoms with van der Waals surface area (Å²) in [4.78, 5) is 12.2. The summed E-state index contributed by atoms with van der Waals surface area (Å²) in [6, 6.07) is 0. The number of hydrogen-bond acceptors (Lipinski definition) is 2. The van der Waals surface area contributed by atoms with E-state index in [1.807, 2.05) is 32.1 Å². The number of rotatable bonds is 4. The van der Waals surface area contributed by atoms with Crippen LogP contribution < -0.4 is 0 Å². The zero-order valence-corrected chi connectivity index (χ0v) is 13.2. The van der Waals surface area contributed by atoms with Crippen molar-refractivity contribution < 1.29 is 15.0 Å². The summed E-state index contributed by atoms with van der Waals surface area (Å²) in [6.07, 6.45) is 12.5. The third-order valence-electron chi connectivity index (χ3n) is 5.67. The van der Waals surface area contributed by atoms with Gasteiger partial charge in [-0.25, -0.2) is 0 Å². The topological polar surface area (TPSA) is 57.5 Å². The van der Waals surface area contributed by atoms with Crippen LogP contribution in [0.25, 0.3) is 0 Å². The standard InChI is InChI=1S/C18H26O3/c1-13-7-9-14(10-8-13)17(2,3)18(16(20)21)11-5-4-6-15(18)12-19/h4-7,11,14-15,19H,8-10,12H2,1-3H3,(H,20,21). The van der Waals surface area contributed by atoms with Crippen LogP contribution in [-0.2, 0) is 4.79 Å². The molecule has 0 aromatic rings. The molecule has 0 fully saturated rings. The molecule has 2 aliphatic rings. The maximum atomic E-state index is 12.2. The van der Waals surface area contributed by atoms with Crippen molar-refractivity contribution in [3.8, 4) is 0 Å². The highest BCUT2D eigenvalue weighted by molar-refractivity contribution is 5.80. The Morgan fingerprint density at radius 2 is 2.14 bits per heavy atom. The summed E-state index contributed by atoms with van der Waals surface area (Å²) in [6.45, 7) is 6.09. The highest BCUT2D eigenvalue weighted by Crippen LogP contribution is 2.55. The van der Waals surface area contributed by atoms with Crippen LogP contribution in [0.15, 0.2) is 36.0 Å². The van der Waals surface area contributed by atoms with Crippen LogP contribution in [0.3, 0.4) is 0 Å². The molecule has 0 aromatic carbocycles. The fourth-order valence-electron chi connectivity index (χ4n) is 4.04. The molecule has 0 saturated carbocycles. The monoisotopic (exact) mass is 290 g/mol. The second kappa shape index (κ2) is 5.80. The van der Waals surface area contributed by atoms with E-state index >= 15 is 0 Å². The molecule has 0 aliphatic heterocycles. The van der Waals surface area contributed by atoms with Gasteiger partial charge in [-0.05, 0) is 37.5 Å². The first-order valence-electron chi connectivity index (χ1n) is 7.72. The molecule has 116 valence electrons. The Labute approximate surface area is 127 Å². The Morgan fingerprint density at radius 1 is 1.43 bits per heavy atom. The van der Waals surface area contributed by atoms with Gasteiger partial charge in [0, 0.05) is 5.92 Å². The maximum absolute atomic E-state index is 12.2. The minimum atomic E-state index is -1.04. The predicted octanol–water partition coefficient (Wildman–Crippen LogP) is 3.56. The van der Waals surface area contributed by atoms with E-state index in [2.05, 4.69) is 13.0 Å². The molecule has 21 heavy (non-hydrogen) atoms. The smallest absolute Gasteiger partial charge is 0.314 e. The molecule has 0 heterocycles. The lowest BCUT2D eigenvalue weighted by Gasteiger charge is -2.51. The van der Waals surface area contributed by atoms with E-state index in [0.717, 1.165) is 19.3 Å². The SMILES string of the molecule is CC1=CCC(C(C)(C)C2(C(=O)O)C=CC=CC2CO)CC1. The van der Waals surface area contributed by atoms with E-state index in [1.165, 1.54) is 5.57 Å². The number of allylic oxidation sites excluding steroid dienone is 4. The number of carboxylic acid groups (broad SMARTS) is 1. The van der Waals surface area contributed by atoms with Crippen molar-refractivity contribution in [2.24, 2.45) is 22.7 Å². The highest BCUT2D eigenvalue weighted by Gasteiger charge is 2.57. The van der Waals surface area contributed by atoms with Gasteiger partial charge in [-0.3, -0.25) is 4.79 Å². The maximum Gasteiger partial charge on any atom is 0.314 e. The second-order valence-electron chi connectivity index (χ2n) is 6.95. The molecular formula is C18H26O3.